The molecule has 2 aliphatic carbocycles. The van der Waals surface area contributed by atoms with E-state index >= 15 is 0 Å². The van der Waals surface area contributed by atoms with Crippen molar-refractivity contribution >= 4 is 23.9 Å². The Morgan fingerprint density at radius 3 is 0.871 bits per heavy atom. The minimum atomic E-state index is -0.346. The monoisotopic (exact) mass is 852 g/mol. The number of methoxy groups -OCH3 is 2. The summed E-state index contributed by atoms with van der Waals surface area (Å²) in [5.41, 5.74) is 4.72. The van der Waals surface area contributed by atoms with Crippen LogP contribution >= 0.6 is 0 Å². The van der Waals surface area contributed by atoms with Crippen LogP contribution in [0.3, 0.4) is 0 Å². The fourth-order valence-electron chi connectivity index (χ4n) is 7.64. The Morgan fingerprint density at radius 1 is 0.403 bits per heavy atom. The molecule has 10 nitrogen and oxygen atoms in total. The number of aryl methyl sites for hydroxylation is 2. The van der Waals surface area contributed by atoms with Gasteiger partial charge in [-0.15, -0.1) is 0 Å². The van der Waals surface area contributed by atoms with E-state index in [0.29, 0.717) is 59.4 Å². The molecule has 336 valence electrons. The third-order valence-corrected chi connectivity index (χ3v) is 11.5. The van der Waals surface area contributed by atoms with Gasteiger partial charge in [0.05, 0.1) is 36.5 Å². The van der Waals surface area contributed by atoms with E-state index in [4.69, 9.17) is 28.4 Å². The molecule has 0 heterocycles. The Hall–Kier alpha value is -5.64. The molecule has 2 aliphatic rings. The molecule has 0 saturated heterocycles. The second kappa shape index (κ2) is 25.3. The molecule has 0 aromatic heterocycles. The Labute approximate surface area is 370 Å². The lowest BCUT2D eigenvalue weighted by atomic mass is 9.94. The van der Waals surface area contributed by atoms with Crippen molar-refractivity contribution in [3.63, 3.8) is 0 Å². The highest BCUT2D eigenvalue weighted by molar-refractivity contribution is 5.91. The molecule has 10 heteroatoms. The third-order valence-electron chi connectivity index (χ3n) is 11.5. The summed E-state index contributed by atoms with van der Waals surface area (Å²) in [6, 6.07) is 29.2. The highest BCUT2D eigenvalue weighted by Gasteiger charge is 2.28. The third kappa shape index (κ3) is 15.4. The standard InChI is InChI=1S/C30H40O4.C22H24O6.2H2/c1-3-5-7-9-23-11-15-25(16-12-23)29(31)33-27-19-21-28(22-20-27)34-30(32)26-17-13-24(14-18-26)10-8-6-4-2;1-25-17-7-3-15(4-8-17)21(23)27-19-11-13-20(14-12-19)28-22(24)16-5-9-18(26-2)10-6-16;;/h11-18,27-28H,3-10,19-22H2,1-2H3;3-10,19-20H,11-14H2,1-2H3;2*1H. The van der Waals surface area contributed by atoms with Gasteiger partial charge in [-0.1, -0.05) is 63.8 Å². The Morgan fingerprint density at radius 2 is 0.645 bits per heavy atom. The molecular weight excluding hydrogens is 785 g/mol. The van der Waals surface area contributed by atoms with Crippen molar-refractivity contribution in [1.29, 1.82) is 0 Å². The summed E-state index contributed by atoms with van der Waals surface area (Å²) in [5, 5.41) is 0. The summed E-state index contributed by atoms with van der Waals surface area (Å²) in [4.78, 5) is 49.6. The van der Waals surface area contributed by atoms with Crippen LogP contribution in [0.1, 0.15) is 159 Å². The first-order chi connectivity index (χ1) is 30.2. The lowest BCUT2D eigenvalue weighted by Gasteiger charge is -2.28. The van der Waals surface area contributed by atoms with E-state index in [9.17, 15) is 19.2 Å². The number of esters is 4. The molecule has 0 bridgehead atoms. The molecule has 4 aromatic carbocycles. The van der Waals surface area contributed by atoms with E-state index in [-0.39, 0.29) is 51.1 Å². The van der Waals surface area contributed by atoms with Gasteiger partial charge in [-0.25, -0.2) is 19.2 Å². The van der Waals surface area contributed by atoms with Crippen molar-refractivity contribution in [3.05, 3.63) is 130 Å². The number of rotatable bonds is 18. The smallest absolute Gasteiger partial charge is 0.338 e. The van der Waals surface area contributed by atoms with Crippen molar-refractivity contribution in [2.45, 2.75) is 141 Å². The summed E-state index contributed by atoms with van der Waals surface area (Å²) in [6.45, 7) is 4.40. The zero-order valence-corrected chi connectivity index (χ0v) is 36.9. The summed E-state index contributed by atoms with van der Waals surface area (Å²) in [5.74, 6) is 0.160. The predicted octanol–water partition coefficient (Wildman–Crippen LogP) is 12.0. The normalized spacial score (nSPS) is 18.3. The van der Waals surface area contributed by atoms with Crippen molar-refractivity contribution in [2.24, 2.45) is 0 Å². The molecule has 6 rings (SSSR count). The van der Waals surface area contributed by atoms with Gasteiger partial charge in [-0.05, 0) is 161 Å². The van der Waals surface area contributed by atoms with Crippen LogP contribution in [0.15, 0.2) is 97.1 Å². The average molecular weight is 853 g/mol. The van der Waals surface area contributed by atoms with Gasteiger partial charge in [0.25, 0.3) is 0 Å². The second-order valence-corrected chi connectivity index (χ2v) is 16.2. The molecule has 62 heavy (non-hydrogen) atoms. The molecular formula is C52H68O10. The highest BCUT2D eigenvalue weighted by Crippen LogP contribution is 2.27. The number of carbonyl (C=O) groups excluding carboxylic acids is 4. The first kappa shape index (κ1) is 47.4. The van der Waals surface area contributed by atoms with Gasteiger partial charge in [0.15, 0.2) is 0 Å². The fourth-order valence-corrected chi connectivity index (χ4v) is 7.64. The number of ether oxygens (including phenoxy) is 6. The van der Waals surface area contributed by atoms with Crippen LogP contribution in [-0.4, -0.2) is 62.5 Å². The lowest BCUT2D eigenvalue weighted by Crippen LogP contribution is -2.29. The van der Waals surface area contributed by atoms with Crippen molar-refractivity contribution in [2.75, 3.05) is 14.2 Å². The number of benzene rings is 4. The van der Waals surface area contributed by atoms with E-state index in [0.717, 1.165) is 38.5 Å². The summed E-state index contributed by atoms with van der Waals surface area (Å²) in [7, 11) is 3.15. The number of hydrogen-bond donors (Lipinski definition) is 0. The quantitative estimate of drug-likeness (QED) is 0.0543. The Bertz CT molecular complexity index is 1820. The van der Waals surface area contributed by atoms with E-state index in [1.165, 1.54) is 49.7 Å². The predicted molar refractivity (Wildman–Crippen MR) is 243 cm³/mol. The van der Waals surface area contributed by atoms with E-state index in [2.05, 4.69) is 13.8 Å². The summed E-state index contributed by atoms with van der Waals surface area (Å²) < 4.78 is 32.8. The first-order valence-electron chi connectivity index (χ1n) is 22.5. The van der Waals surface area contributed by atoms with E-state index < -0.39 is 0 Å². The zero-order valence-electron chi connectivity index (χ0n) is 36.9. The van der Waals surface area contributed by atoms with E-state index in [1.807, 2.05) is 48.5 Å². The molecule has 0 unspecified atom stereocenters. The SMILES string of the molecule is CCCCCc1ccc(C(=O)OC2CCC(OC(=O)c3ccc(CCCCC)cc3)CC2)cc1.COc1ccc(C(=O)OC2CCC(OC(=O)c3ccc(OC)cc3)CC2)cc1.[HH].[HH]. The van der Waals surface area contributed by atoms with Crippen LogP contribution < -0.4 is 9.47 Å². The van der Waals surface area contributed by atoms with Gasteiger partial charge in [0.1, 0.15) is 35.9 Å². The van der Waals surface area contributed by atoms with Gasteiger partial charge in [-0.2, -0.15) is 0 Å². The fraction of sp³-hybridized carbons (Fsp3) is 0.462. The molecule has 0 aliphatic heterocycles. The zero-order chi connectivity index (χ0) is 44.1. The largest absolute Gasteiger partial charge is 0.497 e. The minimum Gasteiger partial charge on any atom is -0.497 e. The maximum absolute atomic E-state index is 12.5. The van der Waals surface area contributed by atoms with Crippen LogP contribution in [0.5, 0.6) is 11.5 Å². The van der Waals surface area contributed by atoms with Gasteiger partial charge in [-0.3, -0.25) is 0 Å². The molecule has 0 atom stereocenters. The van der Waals surface area contributed by atoms with Crippen LogP contribution in [0.2, 0.25) is 0 Å². The molecule has 0 N–H and O–H groups in total. The topological polar surface area (TPSA) is 124 Å². The summed E-state index contributed by atoms with van der Waals surface area (Å²) >= 11 is 0. The minimum absolute atomic E-state index is 0. The van der Waals surface area contributed by atoms with Gasteiger partial charge >= 0.3 is 23.9 Å². The maximum atomic E-state index is 12.5. The van der Waals surface area contributed by atoms with Crippen LogP contribution in [-0.2, 0) is 31.8 Å². The van der Waals surface area contributed by atoms with Crippen LogP contribution in [0, 0.1) is 0 Å². The highest BCUT2D eigenvalue weighted by atomic mass is 16.6. The Balaban J connectivity index is 0.000000335. The Kier molecular flexibility index (Phi) is 19.4. The van der Waals surface area contributed by atoms with Gasteiger partial charge < -0.3 is 28.4 Å². The molecule has 0 spiro atoms. The average Bonchev–Trinajstić information content (AvgIpc) is 3.31. The van der Waals surface area contributed by atoms with Crippen molar-refractivity contribution in [1.82, 2.24) is 0 Å². The van der Waals surface area contributed by atoms with Crippen molar-refractivity contribution in [3.8, 4) is 11.5 Å². The lowest BCUT2D eigenvalue weighted by molar-refractivity contribution is -0.0108. The van der Waals surface area contributed by atoms with Crippen LogP contribution in [0.25, 0.3) is 0 Å². The van der Waals surface area contributed by atoms with Gasteiger partial charge in [0.2, 0.25) is 0 Å². The molecule has 2 fully saturated rings. The molecule has 0 amide bonds. The number of carbonyl (C=O) groups is 4. The number of unbranched alkanes of at least 4 members (excludes halogenated alkanes) is 4. The molecule has 4 aromatic rings. The second-order valence-electron chi connectivity index (χ2n) is 16.2. The molecule has 2 saturated carbocycles. The summed E-state index contributed by atoms with van der Waals surface area (Å²) in [6.07, 6.45) is 14.3. The first-order valence-corrected chi connectivity index (χ1v) is 22.5. The molecule has 0 radical (unpaired) electrons. The maximum Gasteiger partial charge on any atom is 0.338 e. The van der Waals surface area contributed by atoms with Crippen molar-refractivity contribution < 1.29 is 50.5 Å². The van der Waals surface area contributed by atoms with Crippen LogP contribution in [0.4, 0.5) is 0 Å². The van der Waals surface area contributed by atoms with E-state index in [1.54, 1.807) is 62.8 Å². The van der Waals surface area contributed by atoms with Gasteiger partial charge in [0, 0.05) is 2.85 Å². The number of hydrogen-bond acceptors (Lipinski definition) is 10.